The molecule has 94 valence electrons. The van der Waals surface area contributed by atoms with E-state index in [4.69, 9.17) is 0 Å². The van der Waals surface area contributed by atoms with Crippen LogP contribution in [0.1, 0.15) is 30.6 Å². The van der Waals surface area contributed by atoms with Gasteiger partial charge in [0.2, 0.25) is 0 Å². The molecule has 4 heteroatoms. The van der Waals surface area contributed by atoms with Gasteiger partial charge in [0.15, 0.2) is 0 Å². The highest BCUT2D eigenvalue weighted by Crippen LogP contribution is 2.15. The van der Waals surface area contributed by atoms with Crippen molar-refractivity contribution >= 4 is 0 Å². The number of aromatic nitrogens is 3. The maximum atomic E-state index is 4.33. The first-order valence-corrected chi connectivity index (χ1v) is 6.28. The fourth-order valence-electron chi connectivity index (χ4n) is 1.86. The Morgan fingerprint density at radius 3 is 2.83 bits per heavy atom. The van der Waals surface area contributed by atoms with E-state index < -0.39 is 0 Å². The normalized spacial score (nSPS) is 12.3. The fourth-order valence-corrected chi connectivity index (χ4v) is 1.86. The van der Waals surface area contributed by atoms with Crippen molar-refractivity contribution in [2.45, 2.75) is 25.8 Å². The highest BCUT2D eigenvalue weighted by atomic mass is 14.9. The molecule has 0 aliphatic rings. The van der Waals surface area contributed by atoms with Gasteiger partial charge in [-0.2, -0.15) is 0 Å². The van der Waals surface area contributed by atoms with Crippen LogP contribution in [0.2, 0.25) is 0 Å². The Labute approximate surface area is 108 Å². The molecule has 0 aliphatic heterocycles. The number of nitrogens with zero attached hydrogens (tertiary/aromatic N) is 3. The van der Waals surface area contributed by atoms with Crippen LogP contribution in [-0.4, -0.2) is 21.5 Å². The number of hydrogen-bond donors (Lipinski definition) is 1. The number of nitrogens with one attached hydrogen (secondary N) is 1. The molecule has 0 amide bonds. The van der Waals surface area contributed by atoms with Crippen LogP contribution in [-0.2, 0) is 6.42 Å². The van der Waals surface area contributed by atoms with Crippen LogP contribution in [0.15, 0.2) is 43.1 Å². The molecule has 1 unspecified atom stereocenters. The van der Waals surface area contributed by atoms with Crippen LogP contribution in [0.5, 0.6) is 0 Å². The highest BCUT2D eigenvalue weighted by Gasteiger charge is 2.12. The van der Waals surface area contributed by atoms with Crippen molar-refractivity contribution in [2.24, 2.45) is 0 Å². The minimum Gasteiger partial charge on any atom is -0.308 e. The van der Waals surface area contributed by atoms with Gasteiger partial charge in [0.25, 0.3) is 0 Å². The third-order valence-electron chi connectivity index (χ3n) is 2.77. The SMILES string of the molecule is CCCNC(Cc1cccnc1)c1ccncn1. The van der Waals surface area contributed by atoms with Crippen LogP contribution < -0.4 is 5.32 Å². The summed E-state index contributed by atoms with van der Waals surface area (Å²) in [6.45, 7) is 3.14. The van der Waals surface area contributed by atoms with E-state index in [1.807, 2.05) is 18.3 Å². The minimum atomic E-state index is 0.220. The first-order valence-electron chi connectivity index (χ1n) is 6.28. The van der Waals surface area contributed by atoms with Crippen molar-refractivity contribution in [3.8, 4) is 0 Å². The Kier molecular flexibility index (Phi) is 4.78. The van der Waals surface area contributed by atoms with Gasteiger partial charge in [0.1, 0.15) is 6.33 Å². The summed E-state index contributed by atoms with van der Waals surface area (Å²) in [5.41, 5.74) is 2.24. The highest BCUT2D eigenvalue weighted by molar-refractivity contribution is 5.15. The van der Waals surface area contributed by atoms with Crippen LogP contribution >= 0.6 is 0 Å². The standard InChI is InChI=1S/C14H18N4/c1-2-6-17-14(13-5-8-16-11-18-13)9-12-4-3-7-15-10-12/h3-5,7-8,10-11,14,17H,2,6,9H2,1H3. The first kappa shape index (κ1) is 12.6. The molecule has 1 N–H and O–H groups in total. The van der Waals surface area contributed by atoms with Crippen molar-refractivity contribution < 1.29 is 0 Å². The van der Waals surface area contributed by atoms with Crippen molar-refractivity contribution in [3.05, 3.63) is 54.4 Å². The molecule has 1 atom stereocenters. The Morgan fingerprint density at radius 1 is 1.22 bits per heavy atom. The zero-order valence-corrected chi connectivity index (χ0v) is 10.6. The second kappa shape index (κ2) is 6.81. The fraction of sp³-hybridized carbons (Fsp3) is 0.357. The van der Waals surface area contributed by atoms with E-state index >= 15 is 0 Å². The second-order valence-corrected chi connectivity index (χ2v) is 4.21. The molecule has 0 fully saturated rings. The van der Waals surface area contributed by atoms with Crippen molar-refractivity contribution in [2.75, 3.05) is 6.54 Å². The average molecular weight is 242 g/mol. The van der Waals surface area contributed by atoms with Gasteiger partial charge in [-0.15, -0.1) is 0 Å². The maximum Gasteiger partial charge on any atom is 0.115 e. The molecule has 2 aromatic rings. The van der Waals surface area contributed by atoms with Crippen LogP contribution in [0, 0.1) is 0 Å². The van der Waals surface area contributed by atoms with E-state index in [0.717, 1.165) is 25.1 Å². The molecular weight excluding hydrogens is 224 g/mol. The number of pyridine rings is 1. The lowest BCUT2D eigenvalue weighted by molar-refractivity contribution is 0.516. The molecule has 2 aromatic heterocycles. The van der Waals surface area contributed by atoms with Gasteiger partial charge < -0.3 is 5.32 Å². The van der Waals surface area contributed by atoms with Crippen LogP contribution in [0.3, 0.4) is 0 Å². The molecule has 0 saturated carbocycles. The zero-order valence-electron chi connectivity index (χ0n) is 10.6. The van der Waals surface area contributed by atoms with E-state index in [1.165, 1.54) is 5.56 Å². The average Bonchev–Trinajstić information content (AvgIpc) is 2.45. The molecule has 18 heavy (non-hydrogen) atoms. The molecular formula is C14H18N4. The molecule has 0 spiro atoms. The van der Waals surface area contributed by atoms with Crippen molar-refractivity contribution in [3.63, 3.8) is 0 Å². The Balaban J connectivity index is 2.10. The van der Waals surface area contributed by atoms with Gasteiger partial charge in [-0.05, 0) is 37.1 Å². The first-order chi connectivity index (χ1) is 8.90. The molecule has 0 aromatic carbocycles. The Bertz CT molecular complexity index is 444. The summed E-state index contributed by atoms with van der Waals surface area (Å²) in [7, 11) is 0. The number of rotatable bonds is 6. The van der Waals surface area contributed by atoms with E-state index in [-0.39, 0.29) is 6.04 Å². The summed E-state index contributed by atoms with van der Waals surface area (Å²) in [4.78, 5) is 12.4. The quantitative estimate of drug-likeness (QED) is 0.843. The maximum absolute atomic E-state index is 4.33. The van der Waals surface area contributed by atoms with Gasteiger partial charge in [-0.3, -0.25) is 4.98 Å². The molecule has 0 radical (unpaired) electrons. The predicted octanol–water partition coefficient (Wildman–Crippen LogP) is 2.16. The summed E-state index contributed by atoms with van der Waals surface area (Å²) in [6.07, 6.45) is 9.08. The lowest BCUT2D eigenvalue weighted by Gasteiger charge is -2.17. The molecule has 0 saturated heterocycles. The summed E-state index contributed by atoms with van der Waals surface area (Å²) in [6, 6.07) is 6.24. The summed E-state index contributed by atoms with van der Waals surface area (Å²) < 4.78 is 0. The second-order valence-electron chi connectivity index (χ2n) is 4.21. The van der Waals surface area contributed by atoms with Crippen molar-refractivity contribution in [1.29, 1.82) is 0 Å². The third kappa shape index (κ3) is 3.60. The predicted molar refractivity (Wildman–Crippen MR) is 71.0 cm³/mol. The lowest BCUT2D eigenvalue weighted by Crippen LogP contribution is -2.25. The van der Waals surface area contributed by atoms with Gasteiger partial charge in [0.05, 0.1) is 11.7 Å². The van der Waals surface area contributed by atoms with Gasteiger partial charge >= 0.3 is 0 Å². The smallest absolute Gasteiger partial charge is 0.115 e. The largest absolute Gasteiger partial charge is 0.308 e. The van der Waals surface area contributed by atoms with Gasteiger partial charge in [0, 0.05) is 18.6 Å². The molecule has 2 rings (SSSR count). The third-order valence-corrected chi connectivity index (χ3v) is 2.77. The van der Waals surface area contributed by atoms with E-state index in [2.05, 4.69) is 33.3 Å². The Morgan fingerprint density at radius 2 is 2.17 bits per heavy atom. The van der Waals surface area contributed by atoms with E-state index in [9.17, 15) is 0 Å². The van der Waals surface area contributed by atoms with Crippen LogP contribution in [0.4, 0.5) is 0 Å². The summed E-state index contributed by atoms with van der Waals surface area (Å²) in [5.74, 6) is 0. The van der Waals surface area contributed by atoms with Crippen LogP contribution in [0.25, 0.3) is 0 Å². The zero-order chi connectivity index (χ0) is 12.6. The monoisotopic (exact) mass is 242 g/mol. The van der Waals surface area contributed by atoms with E-state index in [1.54, 1.807) is 18.7 Å². The lowest BCUT2D eigenvalue weighted by atomic mass is 10.0. The van der Waals surface area contributed by atoms with Gasteiger partial charge in [-0.1, -0.05) is 13.0 Å². The molecule has 0 bridgehead atoms. The minimum absolute atomic E-state index is 0.220. The summed E-state index contributed by atoms with van der Waals surface area (Å²) in [5, 5.41) is 3.52. The van der Waals surface area contributed by atoms with Crippen molar-refractivity contribution in [1.82, 2.24) is 20.3 Å². The van der Waals surface area contributed by atoms with Gasteiger partial charge in [-0.25, -0.2) is 9.97 Å². The summed E-state index contributed by atoms with van der Waals surface area (Å²) >= 11 is 0. The Hall–Kier alpha value is -1.81. The molecule has 4 nitrogen and oxygen atoms in total. The molecule has 0 aliphatic carbocycles. The molecule has 2 heterocycles. The topological polar surface area (TPSA) is 50.7 Å². The number of hydrogen-bond acceptors (Lipinski definition) is 4. The van der Waals surface area contributed by atoms with E-state index in [0.29, 0.717) is 0 Å².